The number of hydrogen-bond donors (Lipinski definition) is 3. The summed E-state index contributed by atoms with van der Waals surface area (Å²) >= 11 is 1.51. The van der Waals surface area contributed by atoms with Gasteiger partial charge in [0.25, 0.3) is 11.5 Å². The fourth-order valence-corrected chi connectivity index (χ4v) is 4.63. The van der Waals surface area contributed by atoms with Crippen LogP contribution in [0.5, 0.6) is 0 Å². The van der Waals surface area contributed by atoms with E-state index in [-0.39, 0.29) is 17.0 Å². The van der Waals surface area contributed by atoms with Crippen molar-refractivity contribution in [1.82, 2.24) is 15.3 Å². The summed E-state index contributed by atoms with van der Waals surface area (Å²) in [6, 6.07) is 1.75. The lowest BCUT2D eigenvalue weighted by Gasteiger charge is -2.20. The van der Waals surface area contributed by atoms with Crippen molar-refractivity contribution < 1.29 is 4.79 Å². The Morgan fingerprint density at radius 1 is 1.24 bits per heavy atom. The molecule has 0 unspecified atom stereocenters. The second-order valence-corrected chi connectivity index (χ2v) is 7.83. The first kappa shape index (κ1) is 16.5. The first-order valence-corrected chi connectivity index (χ1v) is 9.75. The summed E-state index contributed by atoms with van der Waals surface area (Å²) in [5, 5.41) is 6.72. The minimum atomic E-state index is -0.374. The minimum absolute atomic E-state index is 0.180. The Bertz CT molecular complexity index is 836. The molecule has 0 radical (unpaired) electrons. The van der Waals surface area contributed by atoms with Crippen molar-refractivity contribution in [2.75, 3.05) is 18.4 Å². The molecule has 1 aliphatic carbocycles. The van der Waals surface area contributed by atoms with Crippen LogP contribution in [0.3, 0.4) is 0 Å². The fourth-order valence-electron chi connectivity index (χ4n) is 3.65. The van der Waals surface area contributed by atoms with Crippen molar-refractivity contribution in [2.45, 2.75) is 44.4 Å². The molecule has 1 saturated heterocycles. The van der Waals surface area contributed by atoms with Gasteiger partial charge in [-0.25, -0.2) is 4.98 Å². The molecule has 1 fully saturated rings. The third-order valence-corrected chi connectivity index (χ3v) is 6.14. The number of aromatic amines is 1. The van der Waals surface area contributed by atoms with E-state index in [2.05, 4.69) is 20.6 Å². The molecule has 0 atom stereocenters. The summed E-state index contributed by atoms with van der Waals surface area (Å²) in [6.45, 7) is 2.05. The number of aryl methyl sites for hydroxylation is 2. The molecule has 2 aromatic rings. The van der Waals surface area contributed by atoms with Gasteiger partial charge < -0.3 is 10.3 Å². The van der Waals surface area contributed by atoms with E-state index >= 15 is 0 Å². The van der Waals surface area contributed by atoms with Crippen LogP contribution in [0.25, 0.3) is 0 Å². The van der Waals surface area contributed by atoms with Crippen molar-refractivity contribution in [2.24, 2.45) is 0 Å². The maximum Gasteiger partial charge on any atom is 0.263 e. The van der Waals surface area contributed by atoms with E-state index in [9.17, 15) is 9.59 Å². The number of carbonyl (C=O) groups excluding carboxylic acids is 1. The summed E-state index contributed by atoms with van der Waals surface area (Å²) in [6.07, 6.45) is 8.05. The molecule has 0 spiro atoms. The molecular weight excluding hydrogens is 336 g/mol. The number of pyridine rings is 1. The second-order valence-electron chi connectivity index (χ2n) is 6.77. The number of rotatable bonds is 3. The van der Waals surface area contributed by atoms with Crippen LogP contribution in [0.15, 0.2) is 17.1 Å². The maximum absolute atomic E-state index is 12.5. The lowest BCUT2D eigenvalue weighted by molar-refractivity contribution is 0.102. The van der Waals surface area contributed by atoms with E-state index in [1.807, 2.05) is 6.20 Å². The van der Waals surface area contributed by atoms with E-state index in [4.69, 9.17) is 0 Å². The van der Waals surface area contributed by atoms with Gasteiger partial charge >= 0.3 is 0 Å². The molecule has 7 heteroatoms. The van der Waals surface area contributed by atoms with Gasteiger partial charge in [0.05, 0.1) is 0 Å². The molecule has 3 heterocycles. The first-order valence-electron chi connectivity index (χ1n) is 8.93. The van der Waals surface area contributed by atoms with Crippen molar-refractivity contribution in [3.8, 4) is 0 Å². The number of nitrogens with zero attached hydrogens (tertiary/aromatic N) is 1. The zero-order valence-electron chi connectivity index (χ0n) is 14.1. The molecule has 1 amide bonds. The van der Waals surface area contributed by atoms with Gasteiger partial charge in [-0.3, -0.25) is 14.9 Å². The molecule has 2 aromatic heterocycles. The molecule has 25 heavy (non-hydrogen) atoms. The molecule has 0 saturated carbocycles. The van der Waals surface area contributed by atoms with Crippen LogP contribution in [0.2, 0.25) is 0 Å². The van der Waals surface area contributed by atoms with Crippen LogP contribution in [0.1, 0.15) is 58.1 Å². The molecule has 2 aliphatic rings. The molecule has 0 bridgehead atoms. The number of fused-ring (bicyclic) bond motifs is 1. The number of H-pyrrole nitrogens is 1. The molecule has 0 aromatic carbocycles. The summed E-state index contributed by atoms with van der Waals surface area (Å²) < 4.78 is 0. The number of piperidine rings is 1. The Balaban J connectivity index is 1.50. The Kier molecular flexibility index (Phi) is 4.67. The Morgan fingerprint density at radius 3 is 2.88 bits per heavy atom. The second kappa shape index (κ2) is 7.09. The number of carbonyl (C=O) groups is 1. The number of anilines is 1. The standard InChI is InChI=1S/C18H22N4O2S/c23-16-13(9-12-3-1-2-4-14(12)21-16)17(24)22-18-20-10-15(25-18)11-5-7-19-8-6-11/h9-11,19H,1-8H2,(H,21,23)(H,20,22,24). The smallest absolute Gasteiger partial charge is 0.263 e. The Morgan fingerprint density at radius 2 is 2.04 bits per heavy atom. The van der Waals surface area contributed by atoms with Gasteiger partial charge in [-0.1, -0.05) is 0 Å². The molecule has 4 rings (SSSR count). The fraction of sp³-hybridized carbons (Fsp3) is 0.500. The summed E-state index contributed by atoms with van der Waals surface area (Å²) in [5.74, 6) is 0.136. The average Bonchev–Trinajstić information content (AvgIpc) is 3.10. The number of thiazole rings is 1. The molecular formula is C18H22N4O2S. The van der Waals surface area contributed by atoms with E-state index < -0.39 is 0 Å². The van der Waals surface area contributed by atoms with E-state index in [0.717, 1.165) is 62.9 Å². The van der Waals surface area contributed by atoms with Crippen LogP contribution >= 0.6 is 11.3 Å². The summed E-state index contributed by atoms with van der Waals surface area (Å²) in [7, 11) is 0. The largest absolute Gasteiger partial charge is 0.325 e. The topological polar surface area (TPSA) is 86.9 Å². The monoisotopic (exact) mass is 358 g/mol. The van der Waals surface area contributed by atoms with Crippen LogP contribution in [0.4, 0.5) is 5.13 Å². The van der Waals surface area contributed by atoms with Gasteiger partial charge in [0.2, 0.25) is 0 Å². The molecule has 6 nitrogen and oxygen atoms in total. The third kappa shape index (κ3) is 3.52. The maximum atomic E-state index is 12.5. The number of hydrogen-bond acceptors (Lipinski definition) is 5. The zero-order valence-corrected chi connectivity index (χ0v) is 14.9. The predicted molar refractivity (Wildman–Crippen MR) is 98.6 cm³/mol. The van der Waals surface area contributed by atoms with Gasteiger partial charge in [0.15, 0.2) is 5.13 Å². The highest BCUT2D eigenvalue weighted by Gasteiger charge is 2.20. The molecule has 3 N–H and O–H groups in total. The van der Waals surface area contributed by atoms with Gasteiger partial charge in [0, 0.05) is 16.8 Å². The van der Waals surface area contributed by atoms with Crippen molar-refractivity contribution in [3.05, 3.63) is 44.3 Å². The van der Waals surface area contributed by atoms with E-state index in [1.165, 1.54) is 16.2 Å². The number of nitrogens with one attached hydrogen (secondary N) is 3. The summed E-state index contributed by atoms with van der Waals surface area (Å²) in [5.41, 5.74) is 1.94. The highest BCUT2D eigenvalue weighted by molar-refractivity contribution is 7.15. The third-order valence-electron chi connectivity index (χ3n) is 5.07. The van der Waals surface area contributed by atoms with E-state index in [1.54, 1.807) is 6.07 Å². The van der Waals surface area contributed by atoms with Crippen LogP contribution in [-0.4, -0.2) is 29.0 Å². The molecule has 1 aliphatic heterocycles. The van der Waals surface area contributed by atoms with Gasteiger partial charge in [0.1, 0.15) is 5.56 Å². The van der Waals surface area contributed by atoms with Crippen molar-refractivity contribution in [3.63, 3.8) is 0 Å². The van der Waals surface area contributed by atoms with Crippen molar-refractivity contribution >= 4 is 22.4 Å². The quantitative estimate of drug-likeness (QED) is 0.786. The number of amides is 1. The van der Waals surface area contributed by atoms with E-state index in [0.29, 0.717) is 11.0 Å². The van der Waals surface area contributed by atoms with Gasteiger partial charge in [-0.05, 0) is 69.2 Å². The van der Waals surface area contributed by atoms with Crippen LogP contribution < -0.4 is 16.2 Å². The SMILES string of the molecule is O=C(Nc1ncc(C2CCNCC2)s1)c1cc2c([nH]c1=O)CCCC2. The number of aromatic nitrogens is 2. The highest BCUT2D eigenvalue weighted by Crippen LogP contribution is 2.31. The lowest BCUT2D eigenvalue weighted by Crippen LogP contribution is -2.26. The minimum Gasteiger partial charge on any atom is -0.325 e. The van der Waals surface area contributed by atoms with Gasteiger partial charge in [-0.2, -0.15) is 0 Å². The molecule has 132 valence electrons. The predicted octanol–water partition coefficient (Wildman–Crippen LogP) is 2.43. The average molecular weight is 358 g/mol. The lowest BCUT2D eigenvalue weighted by atomic mass is 9.95. The highest BCUT2D eigenvalue weighted by atomic mass is 32.1. The first-order chi connectivity index (χ1) is 12.2. The Labute approximate surface area is 150 Å². The van der Waals surface area contributed by atoms with Crippen LogP contribution in [0, 0.1) is 0 Å². The Hall–Kier alpha value is -1.99. The van der Waals surface area contributed by atoms with Crippen molar-refractivity contribution in [1.29, 1.82) is 0 Å². The normalized spacial score (nSPS) is 17.9. The van der Waals surface area contributed by atoms with Gasteiger partial charge in [-0.15, -0.1) is 11.3 Å². The summed E-state index contributed by atoms with van der Waals surface area (Å²) in [4.78, 5) is 33.2. The zero-order chi connectivity index (χ0) is 17.2. The van der Waals surface area contributed by atoms with Crippen LogP contribution in [-0.2, 0) is 12.8 Å².